The van der Waals surface area contributed by atoms with E-state index in [4.69, 9.17) is 4.74 Å². The van der Waals surface area contributed by atoms with Gasteiger partial charge >= 0.3 is 0 Å². The predicted molar refractivity (Wildman–Crippen MR) is 83.7 cm³/mol. The molecule has 4 heteroatoms. The highest BCUT2D eigenvalue weighted by molar-refractivity contribution is 5.77. The first kappa shape index (κ1) is 14.2. The summed E-state index contributed by atoms with van der Waals surface area (Å²) in [6.45, 7) is 8.19. The molecule has 2 aliphatic heterocycles. The molecule has 0 atom stereocenters. The van der Waals surface area contributed by atoms with Crippen molar-refractivity contribution in [1.29, 1.82) is 0 Å². The second kappa shape index (κ2) is 5.24. The zero-order valence-corrected chi connectivity index (χ0v) is 13.1. The molecule has 0 N–H and O–H groups in total. The van der Waals surface area contributed by atoms with E-state index < -0.39 is 0 Å². The minimum atomic E-state index is 0.318. The van der Waals surface area contributed by atoms with Crippen LogP contribution in [0.15, 0.2) is 24.3 Å². The number of hydrogen-bond donors (Lipinski definition) is 0. The Morgan fingerprint density at radius 2 is 1.81 bits per heavy atom. The molecule has 0 aromatic heterocycles. The number of rotatable bonds is 4. The molecule has 0 aliphatic carbocycles. The van der Waals surface area contributed by atoms with Gasteiger partial charge in [0.25, 0.3) is 0 Å². The number of carbonyl (C=O) groups excluding carboxylic acids is 1. The second-order valence-electron chi connectivity index (χ2n) is 6.90. The van der Waals surface area contributed by atoms with E-state index in [0.717, 1.165) is 31.9 Å². The third kappa shape index (κ3) is 2.71. The van der Waals surface area contributed by atoms with Crippen molar-refractivity contribution in [3.8, 4) is 5.75 Å². The lowest BCUT2D eigenvalue weighted by molar-refractivity contribution is -0.145. The largest absolute Gasteiger partial charge is 0.497 e. The molecule has 114 valence electrons. The Kier molecular flexibility index (Phi) is 3.56. The summed E-state index contributed by atoms with van der Waals surface area (Å²) >= 11 is 0. The lowest BCUT2D eigenvalue weighted by Gasteiger charge is -2.61. The number of methoxy groups -OCH3 is 1. The van der Waals surface area contributed by atoms with Gasteiger partial charge in [0.05, 0.1) is 7.11 Å². The number of anilines is 1. The third-order valence-electron chi connectivity index (χ3n) is 4.48. The molecule has 0 bridgehead atoms. The van der Waals surface area contributed by atoms with Gasteiger partial charge in [0.2, 0.25) is 5.91 Å². The molecule has 0 saturated carbocycles. The number of nitrogens with zero attached hydrogens (tertiary/aromatic N) is 2. The Bertz CT molecular complexity index is 510. The highest BCUT2D eigenvalue weighted by Crippen LogP contribution is 2.42. The minimum absolute atomic E-state index is 0.318. The second-order valence-corrected chi connectivity index (χ2v) is 6.90. The van der Waals surface area contributed by atoms with Crippen molar-refractivity contribution in [3.63, 3.8) is 0 Å². The molecule has 1 aromatic rings. The van der Waals surface area contributed by atoms with Crippen LogP contribution in [0.5, 0.6) is 5.75 Å². The van der Waals surface area contributed by atoms with Gasteiger partial charge in [-0.3, -0.25) is 4.79 Å². The Morgan fingerprint density at radius 3 is 2.33 bits per heavy atom. The highest BCUT2D eigenvalue weighted by Gasteiger charge is 2.52. The van der Waals surface area contributed by atoms with Crippen LogP contribution in [0.4, 0.5) is 5.69 Å². The van der Waals surface area contributed by atoms with Gasteiger partial charge in [-0.25, -0.2) is 0 Å². The number of carbonyl (C=O) groups is 1. The first-order chi connectivity index (χ1) is 10.0. The first-order valence-corrected chi connectivity index (χ1v) is 7.68. The summed E-state index contributed by atoms with van der Waals surface area (Å²) in [4.78, 5) is 16.4. The van der Waals surface area contributed by atoms with Gasteiger partial charge in [-0.1, -0.05) is 13.8 Å². The molecule has 2 heterocycles. The van der Waals surface area contributed by atoms with E-state index in [1.54, 1.807) is 7.11 Å². The summed E-state index contributed by atoms with van der Waals surface area (Å²) in [7, 11) is 1.69. The van der Waals surface area contributed by atoms with Gasteiger partial charge in [-0.2, -0.15) is 0 Å². The quantitative estimate of drug-likeness (QED) is 0.853. The fourth-order valence-corrected chi connectivity index (χ4v) is 3.36. The van der Waals surface area contributed by atoms with Gasteiger partial charge in [-0.15, -0.1) is 0 Å². The van der Waals surface area contributed by atoms with E-state index in [9.17, 15) is 4.79 Å². The molecule has 2 saturated heterocycles. The summed E-state index contributed by atoms with van der Waals surface area (Å²) < 4.78 is 5.18. The van der Waals surface area contributed by atoms with Crippen LogP contribution >= 0.6 is 0 Å². The molecule has 1 amide bonds. The highest BCUT2D eigenvalue weighted by atomic mass is 16.5. The zero-order valence-electron chi connectivity index (χ0n) is 13.1. The smallest absolute Gasteiger partial charge is 0.222 e. The lowest BCUT2D eigenvalue weighted by atomic mass is 9.72. The van der Waals surface area contributed by atoms with Crippen LogP contribution < -0.4 is 9.64 Å². The van der Waals surface area contributed by atoms with Gasteiger partial charge < -0.3 is 14.5 Å². The normalized spacial score (nSPS) is 19.4. The Morgan fingerprint density at radius 1 is 1.19 bits per heavy atom. The predicted octanol–water partition coefficient (Wildman–Crippen LogP) is 2.39. The van der Waals surface area contributed by atoms with E-state index in [1.165, 1.54) is 5.69 Å². The van der Waals surface area contributed by atoms with E-state index >= 15 is 0 Å². The van der Waals surface area contributed by atoms with Crippen molar-refractivity contribution in [2.24, 2.45) is 11.3 Å². The van der Waals surface area contributed by atoms with Crippen molar-refractivity contribution in [3.05, 3.63) is 24.3 Å². The Labute approximate surface area is 126 Å². The summed E-state index contributed by atoms with van der Waals surface area (Å²) in [6, 6.07) is 8.21. The topological polar surface area (TPSA) is 32.8 Å². The molecule has 0 radical (unpaired) electrons. The number of likely N-dealkylation sites (tertiary alicyclic amines) is 1. The zero-order chi connectivity index (χ0) is 15.0. The molecule has 21 heavy (non-hydrogen) atoms. The van der Waals surface area contributed by atoms with Crippen molar-refractivity contribution < 1.29 is 9.53 Å². The molecule has 1 aromatic carbocycles. The molecular formula is C17H24N2O2. The molecule has 2 aliphatic rings. The fraction of sp³-hybridized carbons (Fsp3) is 0.588. The maximum Gasteiger partial charge on any atom is 0.222 e. The van der Waals surface area contributed by atoms with E-state index in [1.807, 2.05) is 17.0 Å². The summed E-state index contributed by atoms with van der Waals surface area (Å²) in [5.74, 6) is 1.66. The van der Waals surface area contributed by atoms with E-state index in [2.05, 4.69) is 30.9 Å². The van der Waals surface area contributed by atoms with Gasteiger partial charge in [0.15, 0.2) is 0 Å². The minimum Gasteiger partial charge on any atom is -0.497 e. The van der Waals surface area contributed by atoms with Crippen LogP contribution in [0.2, 0.25) is 0 Å². The monoisotopic (exact) mass is 288 g/mol. The van der Waals surface area contributed by atoms with Crippen LogP contribution in [-0.2, 0) is 4.79 Å². The maximum atomic E-state index is 12.0. The average Bonchev–Trinajstić information content (AvgIpc) is 2.35. The lowest BCUT2D eigenvalue weighted by Crippen LogP contribution is -2.73. The van der Waals surface area contributed by atoms with Crippen LogP contribution in [0.1, 0.15) is 20.3 Å². The fourth-order valence-electron chi connectivity index (χ4n) is 3.36. The van der Waals surface area contributed by atoms with Gasteiger partial charge in [-0.05, 0) is 30.2 Å². The molecule has 4 nitrogen and oxygen atoms in total. The Balaban J connectivity index is 1.49. The van der Waals surface area contributed by atoms with Crippen LogP contribution in [0.25, 0.3) is 0 Å². The summed E-state index contributed by atoms with van der Waals surface area (Å²) in [6.07, 6.45) is 0.679. The molecule has 1 spiro atoms. The standard InChI is InChI=1S/C17H24N2O2/c1-13(2)8-16(20)19-11-17(12-19)9-18(10-17)14-4-6-15(21-3)7-5-14/h4-7,13H,8-12H2,1-3H3. The molecule has 3 rings (SSSR count). The Hall–Kier alpha value is -1.71. The van der Waals surface area contributed by atoms with Crippen LogP contribution in [0, 0.1) is 11.3 Å². The van der Waals surface area contributed by atoms with Crippen molar-refractivity contribution in [2.45, 2.75) is 20.3 Å². The van der Waals surface area contributed by atoms with Crippen LogP contribution in [0.3, 0.4) is 0 Å². The average molecular weight is 288 g/mol. The van der Waals surface area contributed by atoms with Crippen molar-refractivity contribution in [1.82, 2.24) is 4.90 Å². The summed E-state index contributed by atoms with van der Waals surface area (Å²) in [5, 5.41) is 0. The molecule has 0 unspecified atom stereocenters. The molecule has 2 fully saturated rings. The molecular weight excluding hydrogens is 264 g/mol. The number of ether oxygens (including phenoxy) is 1. The van der Waals surface area contributed by atoms with Gasteiger partial charge in [0.1, 0.15) is 5.75 Å². The van der Waals surface area contributed by atoms with Crippen molar-refractivity contribution in [2.75, 3.05) is 38.2 Å². The van der Waals surface area contributed by atoms with E-state index in [0.29, 0.717) is 23.7 Å². The number of benzene rings is 1. The van der Waals surface area contributed by atoms with Crippen molar-refractivity contribution >= 4 is 11.6 Å². The maximum absolute atomic E-state index is 12.0. The van der Waals surface area contributed by atoms with Crippen LogP contribution in [-0.4, -0.2) is 44.1 Å². The summed E-state index contributed by atoms with van der Waals surface area (Å²) in [5.41, 5.74) is 1.60. The van der Waals surface area contributed by atoms with Gasteiger partial charge in [0, 0.05) is 43.7 Å². The third-order valence-corrected chi connectivity index (χ3v) is 4.48. The number of hydrogen-bond acceptors (Lipinski definition) is 3. The van der Waals surface area contributed by atoms with E-state index in [-0.39, 0.29) is 0 Å². The first-order valence-electron chi connectivity index (χ1n) is 7.68. The number of amides is 1. The SMILES string of the molecule is COc1ccc(N2CC3(CN(C(=O)CC(C)C)C3)C2)cc1.